The molecule has 0 radical (unpaired) electrons. The van der Waals surface area contributed by atoms with Crippen LogP contribution < -0.4 is 5.32 Å². The van der Waals surface area contributed by atoms with Gasteiger partial charge in [0.05, 0.1) is 11.3 Å². The Balaban J connectivity index is 0.00000176. The van der Waals surface area contributed by atoms with Gasteiger partial charge in [-0.1, -0.05) is 0 Å². The zero-order chi connectivity index (χ0) is 15.0. The fourth-order valence-electron chi connectivity index (χ4n) is 3.88. The predicted molar refractivity (Wildman–Crippen MR) is 89.6 cm³/mol. The van der Waals surface area contributed by atoms with Crippen molar-refractivity contribution < 1.29 is 4.79 Å². The van der Waals surface area contributed by atoms with Crippen molar-refractivity contribution in [3.05, 3.63) is 17.0 Å². The van der Waals surface area contributed by atoms with Gasteiger partial charge in [-0.25, -0.2) is 0 Å². The Morgan fingerprint density at radius 1 is 1.14 bits per heavy atom. The maximum atomic E-state index is 12.8. The highest BCUT2D eigenvalue weighted by Gasteiger charge is 2.37. The Morgan fingerprint density at radius 2 is 1.73 bits per heavy atom. The minimum absolute atomic E-state index is 0. The number of aryl methyl sites for hydroxylation is 2. The number of hydrogen-bond acceptors (Lipinski definition) is 3. The summed E-state index contributed by atoms with van der Waals surface area (Å²) >= 11 is 0. The summed E-state index contributed by atoms with van der Waals surface area (Å²) in [4.78, 5) is 14.8. The maximum Gasteiger partial charge on any atom is 0.257 e. The number of likely N-dealkylation sites (tertiary alicyclic amines) is 1. The molecule has 3 heterocycles. The lowest BCUT2D eigenvalue weighted by atomic mass is 9.71. The molecular formula is C16H27ClN4O. The summed E-state index contributed by atoms with van der Waals surface area (Å²) in [7, 11) is 1.90. The van der Waals surface area contributed by atoms with Crippen LogP contribution in [-0.2, 0) is 7.05 Å². The fourth-order valence-corrected chi connectivity index (χ4v) is 3.88. The van der Waals surface area contributed by atoms with E-state index >= 15 is 0 Å². The first-order valence-corrected chi connectivity index (χ1v) is 8.03. The number of hydrogen-bond donors (Lipinski definition) is 1. The second-order valence-corrected chi connectivity index (χ2v) is 6.71. The highest BCUT2D eigenvalue weighted by atomic mass is 35.5. The van der Waals surface area contributed by atoms with Crippen LogP contribution >= 0.6 is 12.4 Å². The van der Waals surface area contributed by atoms with Gasteiger partial charge < -0.3 is 10.2 Å². The molecule has 0 saturated carbocycles. The van der Waals surface area contributed by atoms with E-state index in [1.807, 2.05) is 25.8 Å². The quantitative estimate of drug-likeness (QED) is 0.859. The smallest absolute Gasteiger partial charge is 0.257 e. The van der Waals surface area contributed by atoms with Gasteiger partial charge in [-0.3, -0.25) is 9.48 Å². The van der Waals surface area contributed by atoms with Gasteiger partial charge in [0.25, 0.3) is 5.91 Å². The number of nitrogens with one attached hydrogen (secondary N) is 1. The third-order valence-corrected chi connectivity index (χ3v) is 5.50. The van der Waals surface area contributed by atoms with Crippen LogP contribution in [0.25, 0.3) is 0 Å². The molecule has 0 aromatic carbocycles. The summed E-state index contributed by atoms with van der Waals surface area (Å²) in [6.07, 6.45) is 4.83. The highest BCUT2D eigenvalue weighted by Crippen LogP contribution is 2.39. The van der Waals surface area contributed by atoms with E-state index in [4.69, 9.17) is 0 Å². The second-order valence-electron chi connectivity index (χ2n) is 6.71. The molecule has 2 fully saturated rings. The molecule has 2 aliphatic rings. The summed E-state index contributed by atoms with van der Waals surface area (Å²) in [5.74, 6) is 0.168. The summed E-state index contributed by atoms with van der Waals surface area (Å²) in [5, 5.41) is 7.81. The minimum atomic E-state index is 0. The standard InChI is InChI=1S/C16H26N4O.ClH/c1-12-14(13(2)19(3)18-12)15(21)20-10-6-16(7-11-20)4-8-17-9-5-16;/h17H,4-11H2,1-3H3;1H. The van der Waals surface area contributed by atoms with Gasteiger partial charge in [0.15, 0.2) is 0 Å². The largest absolute Gasteiger partial charge is 0.338 e. The number of carbonyl (C=O) groups is 1. The molecule has 2 saturated heterocycles. The lowest BCUT2D eigenvalue weighted by molar-refractivity contribution is 0.0494. The first kappa shape index (κ1) is 17.3. The number of amides is 1. The zero-order valence-electron chi connectivity index (χ0n) is 13.8. The van der Waals surface area contributed by atoms with Crippen LogP contribution in [0.1, 0.15) is 47.4 Å². The van der Waals surface area contributed by atoms with Crippen molar-refractivity contribution in [2.45, 2.75) is 39.5 Å². The molecule has 124 valence electrons. The number of halogens is 1. The molecule has 0 bridgehead atoms. The fraction of sp³-hybridized carbons (Fsp3) is 0.750. The molecule has 0 atom stereocenters. The summed E-state index contributed by atoms with van der Waals surface area (Å²) in [5.41, 5.74) is 3.11. The zero-order valence-corrected chi connectivity index (χ0v) is 14.6. The van der Waals surface area contributed by atoms with Crippen molar-refractivity contribution in [2.75, 3.05) is 26.2 Å². The van der Waals surface area contributed by atoms with Crippen LogP contribution in [0.2, 0.25) is 0 Å². The van der Waals surface area contributed by atoms with Gasteiger partial charge in [-0.15, -0.1) is 12.4 Å². The van der Waals surface area contributed by atoms with E-state index in [-0.39, 0.29) is 18.3 Å². The van der Waals surface area contributed by atoms with Gasteiger partial charge in [0.1, 0.15) is 0 Å². The Bertz CT molecular complexity index is 539. The number of rotatable bonds is 1. The third-order valence-electron chi connectivity index (χ3n) is 5.50. The van der Waals surface area contributed by atoms with Crippen molar-refractivity contribution >= 4 is 18.3 Å². The van der Waals surface area contributed by atoms with Crippen molar-refractivity contribution in [1.29, 1.82) is 0 Å². The topological polar surface area (TPSA) is 50.2 Å². The number of piperidine rings is 2. The first-order chi connectivity index (χ1) is 10.0. The van der Waals surface area contributed by atoms with Gasteiger partial charge >= 0.3 is 0 Å². The Kier molecular flexibility index (Phi) is 5.17. The van der Waals surface area contributed by atoms with Crippen LogP contribution in [0.3, 0.4) is 0 Å². The van der Waals surface area contributed by atoms with Crippen LogP contribution in [0.15, 0.2) is 0 Å². The van der Waals surface area contributed by atoms with E-state index in [2.05, 4.69) is 10.4 Å². The number of carbonyl (C=O) groups excluding carboxylic acids is 1. The van der Waals surface area contributed by atoms with E-state index < -0.39 is 0 Å². The van der Waals surface area contributed by atoms with Crippen LogP contribution in [0.5, 0.6) is 0 Å². The van der Waals surface area contributed by atoms with E-state index in [0.29, 0.717) is 5.41 Å². The molecule has 5 nitrogen and oxygen atoms in total. The van der Waals surface area contributed by atoms with E-state index in [1.165, 1.54) is 12.8 Å². The summed E-state index contributed by atoms with van der Waals surface area (Å²) < 4.78 is 1.81. The van der Waals surface area contributed by atoms with Crippen molar-refractivity contribution in [1.82, 2.24) is 20.0 Å². The van der Waals surface area contributed by atoms with E-state index in [1.54, 1.807) is 4.68 Å². The SMILES string of the molecule is Cc1nn(C)c(C)c1C(=O)N1CCC2(CCNCC2)CC1.Cl. The molecule has 2 aliphatic heterocycles. The van der Waals surface area contributed by atoms with Gasteiger partial charge in [0.2, 0.25) is 0 Å². The molecule has 1 N–H and O–H groups in total. The van der Waals surface area contributed by atoms with Gasteiger partial charge in [-0.2, -0.15) is 5.10 Å². The van der Waals surface area contributed by atoms with Crippen molar-refractivity contribution in [3.8, 4) is 0 Å². The average Bonchev–Trinajstić information content (AvgIpc) is 2.73. The molecule has 0 unspecified atom stereocenters. The lowest BCUT2D eigenvalue weighted by Crippen LogP contribution is -2.47. The Morgan fingerprint density at radius 3 is 2.23 bits per heavy atom. The normalized spacial score (nSPS) is 20.8. The number of nitrogens with zero attached hydrogens (tertiary/aromatic N) is 3. The molecule has 1 aromatic heterocycles. The molecule has 1 spiro atoms. The molecular weight excluding hydrogens is 300 g/mol. The van der Waals surface area contributed by atoms with E-state index in [9.17, 15) is 4.79 Å². The molecule has 0 aliphatic carbocycles. The monoisotopic (exact) mass is 326 g/mol. The Hall–Kier alpha value is -1.07. The Labute approximate surface area is 138 Å². The van der Waals surface area contributed by atoms with Gasteiger partial charge in [-0.05, 0) is 58.0 Å². The van der Waals surface area contributed by atoms with Crippen LogP contribution in [0, 0.1) is 19.3 Å². The molecule has 3 rings (SSSR count). The van der Waals surface area contributed by atoms with Gasteiger partial charge in [0, 0.05) is 25.8 Å². The van der Waals surface area contributed by atoms with Crippen molar-refractivity contribution in [3.63, 3.8) is 0 Å². The van der Waals surface area contributed by atoms with Crippen molar-refractivity contribution in [2.24, 2.45) is 12.5 Å². The predicted octanol–water partition coefficient (Wildman–Crippen LogP) is 2.06. The van der Waals surface area contributed by atoms with Crippen LogP contribution in [0.4, 0.5) is 0 Å². The first-order valence-electron chi connectivity index (χ1n) is 8.03. The molecule has 1 aromatic rings. The molecule has 1 amide bonds. The minimum Gasteiger partial charge on any atom is -0.338 e. The average molecular weight is 327 g/mol. The summed E-state index contributed by atoms with van der Waals surface area (Å²) in [6.45, 7) is 7.96. The van der Waals surface area contributed by atoms with Crippen LogP contribution in [-0.4, -0.2) is 46.8 Å². The third kappa shape index (κ3) is 3.01. The second kappa shape index (κ2) is 6.59. The maximum absolute atomic E-state index is 12.8. The summed E-state index contributed by atoms with van der Waals surface area (Å²) in [6, 6.07) is 0. The lowest BCUT2D eigenvalue weighted by Gasteiger charge is -2.44. The van der Waals surface area contributed by atoms with E-state index in [0.717, 1.165) is 56.0 Å². The molecule has 22 heavy (non-hydrogen) atoms. The molecule has 6 heteroatoms. The highest BCUT2D eigenvalue weighted by molar-refractivity contribution is 5.96. The number of aromatic nitrogens is 2.